The Hall–Kier alpha value is -2.77. The molecule has 0 radical (unpaired) electrons. The molecule has 2 aliphatic rings. The molecule has 1 aliphatic heterocycles. The first-order chi connectivity index (χ1) is 14.2. The van der Waals surface area contributed by atoms with Gasteiger partial charge in [0.25, 0.3) is 0 Å². The summed E-state index contributed by atoms with van der Waals surface area (Å²) in [6.45, 7) is 1.32. The summed E-state index contributed by atoms with van der Waals surface area (Å²) in [5.41, 5.74) is 0.965. The van der Waals surface area contributed by atoms with Crippen molar-refractivity contribution in [3.63, 3.8) is 0 Å². The van der Waals surface area contributed by atoms with Crippen LogP contribution in [0, 0.1) is 0 Å². The number of rotatable bonds is 6. The monoisotopic (exact) mass is 396 g/mol. The highest BCUT2D eigenvalue weighted by Gasteiger charge is 2.26. The van der Waals surface area contributed by atoms with Crippen LogP contribution in [0.1, 0.15) is 57.4 Å². The zero-order valence-corrected chi connectivity index (χ0v) is 16.7. The molecule has 8 nitrogen and oxygen atoms in total. The zero-order valence-electron chi connectivity index (χ0n) is 16.7. The van der Waals surface area contributed by atoms with E-state index in [0.29, 0.717) is 25.2 Å². The highest BCUT2D eigenvalue weighted by atomic mass is 16.2. The number of carbonyl (C=O) groups excluding carboxylic acids is 2. The summed E-state index contributed by atoms with van der Waals surface area (Å²) in [5, 5.41) is 16.1. The van der Waals surface area contributed by atoms with Crippen molar-refractivity contribution in [2.75, 3.05) is 13.1 Å². The van der Waals surface area contributed by atoms with Crippen molar-refractivity contribution >= 4 is 11.8 Å². The molecule has 2 amide bonds. The highest BCUT2D eigenvalue weighted by molar-refractivity contribution is 5.79. The Morgan fingerprint density at radius 2 is 1.90 bits per heavy atom. The molecule has 1 saturated carbocycles. The van der Waals surface area contributed by atoms with E-state index in [4.69, 9.17) is 0 Å². The molecule has 154 valence electrons. The van der Waals surface area contributed by atoms with Crippen molar-refractivity contribution < 1.29 is 9.59 Å². The number of amides is 2. The lowest BCUT2D eigenvalue weighted by Gasteiger charge is -2.29. The van der Waals surface area contributed by atoms with Crippen LogP contribution in [0.4, 0.5) is 0 Å². The molecule has 0 bridgehead atoms. The molecule has 1 N–H and O–H groups in total. The summed E-state index contributed by atoms with van der Waals surface area (Å²) < 4.78 is 0. The molecule has 1 aromatic heterocycles. The molecular formula is C21H28N6O2. The minimum Gasteiger partial charge on any atom is -0.353 e. The van der Waals surface area contributed by atoms with Gasteiger partial charge in [0, 0.05) is 37.5 Å². The first-order valence-electron chi connectivity index (χ1n) is 10.6. The smallest absolute Gasteiger partial charge is 0.222 e. The lowest BCUT2D eigenvalue weighted by atomic mass is 9.91. The van der Waals surface area contributed by atoms with Gasteiger partial charge in [0.1, 0.15) is 0 Å². The summed E-state index contributed by atoms with van der Waals surface area (Å²) in [5.74, 6) is 0.866. The summed E-state index contributed by atoms with van der Waals surface area (Å²) in [6, 6.07) is 10.3. The Morgan fingerprint density at radius 1 is 1.10 bits per heavy atom. The van der Waals surface area contributed by atoms with Crippen LogP contribution < -0.4 is 5.32 Å². The third kappa shape index (κ3) is 4.99. The van der Waals surface area contributed by atoms with E-state index in [9.17, 15) is 9.59 Å². The van der Waals surface area contributed by atoms with E-state index in [2.05, 4.69) is 20.7 Å². The summed E-state index contributed by atoms with van der Waals surface area (Å²) in [7, 11) is 0. The van der Waals surface area contributed by atoms with Crippen molar-refractivity contribution in [2.24, 2.45) is 0 Å². The van der Waals surface area contributed by atoms with E-state index in [1.54, 1.807) is 4.80 Å². The van der Waals surface area contributed by atoms with E-state index in [0.717, 1.165) is 50.6 Å². The molecule has 0 atom stereocenters. The van der Waals surface area contributed by atoms with Crippen molar-refractivity contribution in [1.82, 2.24) is 30.4 Å². The van der Waals surface area contributed by atoms with Gasteiger partial charge in [-0.2, -0.15) is 4.80 Å². The largest absolute Gasteiger partial charge is 0.353 e. The summed E-state index contributed by atoms with van der Waals surface area (Å²) >= 11 is 0. The molecule has 29 heavy (non-hydrogen) atoms. The first kappa shape index (κ1) is 19.5. The van der Waals surface area contributed by atoms with Crippen LogP contribution in [0.5, 0.6) is 0 Å². The Morgan fingerprint density at radius 3 is 2.66 bits per heavy atom. The molecular weight excluding hydrogens is 368 g/mol. The van der Waals surface area contributed by atoms with E-state index >= 15 is 0 Å². The fourth-order valence-corrected chi connectivity index (χ4v) is 4.17. The molecule has 8 heteroatoms. The maximum Gasteiger partial charge on any atom is 0.222 e. The second-order valence-corrected chi connectivity index (χ2v) is 7.96. The SMILES string of the molecule is O=C(CCN1CCCCC1=O)NC1CCC(n2nnc(-c3ccccc3)n2)CC1. The number of likely N-dealkylation sites (tertiary alicyclic amines) is 1. The standard InChI is InChI=1S/C21H28N6O2/c28-19(13-15-26-14-5-4-8-20(26)29)22-17-9-11-18(12-10-17)27-24-21(23-25-27)16-6-2-1-3-7-16/h1-3,6-7,17-18H,4-5,8-15H2,(H,22,28). The van der Waals surface area contributed by atoms with Gasteiger partial charge in [0.15, 0.2) is 0 Å². The normalized spacial score (nSPS) is 22.5. The number of hydrogen-bond acceptors (Lipinski definition) is 5. The Bertz CT molecular complexity index is 829. The number of carbonyl (C=O) groups is 2. The first-order valence-corrected chi connectivity index (χ1v) is 10.6. The van der Waals surface area contributed by atoms with Gasteiger partial charge in [-0.3, -0.25) is 9.59 Å². The van der Waals surface area contributed by atoms with Crippen molar-refractivity contribution in [1.29, 1.82) is 0 Å². The lowest BCUT2D eigenvalue weighted by Crippen LogP contribution is -2.41. The molecule has 0 spiro atoms. The number of hydrogen-bond donors (Lipinski definition) is 1. The van der Waals surface area contributed by atoms with Crippen LogP contribution >= 0.6 is 0 Å². The zero-order chi connectivity index (χ0) is 20.1. The van der Waals surface area contributed by atoms with Gasteiger partial charge >= 0.3 is 0 Å². The minimum atomic E-state index is 0.0390. The number of aromatic nitrogens is 4. The molecule has 1 aliphatic carbocycles. The van der Waals surface area contributed by atoms with Crippen LogP contribution in [0.3, 0.4) is 0 Å². The average Bonchev–Trinajstić information content (AvgIpc) is 3.25. The molecule has 4 rings (SSSR count). The van der Waals surface area contributed by atoms with E-state index < -0.39 is 0 Å². The number of nitrogens with one attached hydrogen (secondary N) is 1. The summed E-state index contributed by atoms with van der Waals surface area (Å²) in [4.78, 5) is 27.7. The maximum atomic E-state index is 12.3. The Kier molecular flexibility index (Phi) is 6.17. The molecule has 2 aromatic rings. The predicted molar refractivity (Wildman–Crippen MR) is 108 cm³/mol. The van der Waals surface area contributed by atoms with Gasteiger partial charge in [0.05, 0.1) is 6.04 Å². The number of piperidine rings is 1. The van der Waals surface area contributed by atoms with Crippen LogP contribution in [-0.2, 0) is 9.59 Å². The van der Waals surface area contributed by atoms with Crippen molar-refractivity contribution in [3.05, 3.63) is 30.3 Å². The van der Waals surface area contributed by atoms with Gasteiger partial charge < -0.3 is 10.2 Å². The van der Waals surface area contributed by atoms with Gasteiger partial charge in [-0.05, 0) is 43.7 Å². The van der Waals surface area contributed by atoms with Crippen molar-refractivity contribution in [3.8, 4) is 11.4 Å². The number of nitrogens with zero attached hydrogens (tertiary/aromatic N) is 5. The number of benzene rings is 1. The van der Waals surface area contributed by atoms with Crippen LogP contribution in [0.25, 0.3) is 11.4 Å². The fraction of sp³-hybridized carbons (Fsp3) is 0.571. The quantitative estimate of drug-likeness (QED) is 0.809. The molecule has 0 unspecified atom stereocenters. The van der Waals surface area contributed by atoms with E-state index in [1.165, 1.54) is 0 Å². The van der Waals surface area contributed by atoms with E-state index in [-0.39, 0.29) is 23.9 Å². The second kappa shape index (κ2) is 9.15. The topological polar surface area (TPSA) is 93.0 Å². The predicted octanol–water partition coefficient (Wildman–Crippen LogP) is 2.34. The third-order valence-electron chi connectivity index (χ3n) is 5.88. The van der Waals surface area contributed by atoms with Crippen LogP contribution in [0.2, 0.25) is 0 Å². The summed E-state index contributed by atoms with van der Waals surface area (Å²) in [6.07, 6.45) is 6.66. The molecule has 1 aromatic carbocycles. The average molecular weight is 396 g/mol. The maximum absolute atomic E-state index is 12.3. The van der Waals surface area contributed by atoms with E-state index in [1.807, 2.05) is 35.2 Å². The lowest BCUT2D eigenvalue weighted by molar-refractivity contribution is -0.133. The van der Waals surface area contributed by atoms with Gasteiger partial charge in [0.2, 0.25) is 17.6 Å². The van der Waals surface area contributed by atoms with Crippen LogP contribution in [-0.4, -0.2) is 56.1 Å². The number of tetrazole rings is 1. The minimum absolute atomic E-state index is 0.0390. The third-order valence-corrected chi connectivity index (χ3v) is 5.88. The van der Waals surface area contributed by atoms with Crippen LogP contribution in [0.15, 0.2) is 30.3 Å². The Labute approximate surface area is 170 Å². The molecule has 2 heterocycles. The van der Waals surface area contributed by atoms with Gasteiger partial charge in [-0.1, -0.05) is 30.3 Å². The van der Waals surface area contributed by atoms with Gasteiger partial charge in [-0.25, -0.2) is 0 Å². The van der Waals surface area contributed by atoms with Crippen molar-refractivity contribution in [2.45, 2.75) is 63.5 Å². The van der Waals surface area contributed by atoms with Gasteiger partial charge in [-0.15, -0.1) is 10.2 Å². The second-order valence-electron chi connectivity index (χ2n) is 7.96. The molecule has 1 saturated heterocycles. The Balaban J connectivity index is 1.22. The fourth-order valence-electron chi connectivity index (χ4n) is 4.17. The molecule has 2 fully saturated rings. The highest BCUT2D eigenvalue weighted by Crippen LogP contribution is 2.28.